The number of halogens is 1. The quantitative estimate of drug-likeness (QED) is 0.888. The van der Waals surface area contributed by atoms with Crippen molar-refractivity contribution in [3.8, 4) is 5.75 Å². The molecule has 19 heavy (non-hydrogen) atoms. The molecule has 0 heterocycles. The second-order valence-corrected chi connectivity index (χ2v) is 5.46. The van der Waals surface area contributed by atoms with Gasteiger partial charge in [0, 0.05) is 22.3 Å². The monoisotopic (exact) mass is 277 g/mol. The zero-order chi connectivity index (χ0) is 13.8. The maximum Gasteiger partial charge on any atom is 0.127 e. The van der Waals surface area contributed by atoms with E-state index < -0.39 is 0 Å². The van der Waals surface area contributed by atoms with Gasteiger partial charge in [0.2, 0.25) is 0 Å². The van der Waals surface area contributed by atoms with Gasteiger partial charge in [-0.1, -0.05) is 49.7 Å². The van der Waals surface area contributed by atoms with Crippen molar-refractivity contribution in [3.63, 3.8) is 0 Å². The molecule has 2 aromatic carbocycles. The SMILES string of the molecule is CNCC(Oc1ccc(Cl)c2ccccc12)C(C)C. The number of ether oxygens (including phenoxy) is 1. The smallest absolute Gasteiger partial charge is 0.127 e. The number of hydrogen-bond acceptors (Lipinski definition) is 2. The van der Waals surface area contributed by atoms with Gasteiger partial charge in [0.15, 0.2) is 0 Å². The second-order valence-electron chi connectivity index (χ2n) is 5.05. The molecule has 0 aliphatic carbocycles. The van der Waals surface area contributed by atoms with Crippen LogP contribution in [0.2, 0.25) is 5.02 Å². The molecule has 2 nitrogen and oxygen atoms in total. The fourth-order valence-electron chi connectivity index (χ4n) is 2.12. The minimum absolute atomic E-state index is 0.148. The van der Waals surface area contributed by atoms with Crippen molar-refractivity contribution in [2.45, 2.75) is 20.0 Å². The summed E-state index contributed by atoms with van der Waals surface area (Å²) >= 11 is 6.22. The highest BCUT2D eigenvalue weighted by atomic mass is 35.5. The zero-order valence-corrected chi connectivity index (χ0v) is 12.4. The third kappa shape index (κ3) is 3.20. The van der Waals surface area contributed by atoms with Crippen LogP contribution < -0.4 is 10.1 Å². The van der Waals surface area contributed by atoms with E-state index >= 15 is 0 Å². The summed E-state index contributed by atoms with van der Waals surface area (Å²) in [4.78, 5) is 0. The Labute approximate surface area is 119 Å². The third-order valence-corrected chi connectivity index (χ3v) is 3.59. The Hall–Kier alpha value is -1.25. The Morgan fingerprint density at radius 1 is 1.11 bits per heavy atom. The summed E-state index contributed by atoms with van der Waals surface area (Å²) in [7, 11) is 1.94. The molecule has 0 saturated heterocycles. The predicted molar refractivity (Wildman–Crippen MR) is 82.1 cm³/mol. The first-order valence-corrected chi connectivity index (χ1v) is 6.99. The molecule has 0 spiro atoms. The second kappa shape index (κ2) is 6.27. The van der Waals surface area contributed by atoms with Gasteiger partial charge in [-0.2, -0.15) is 0 Å². The third-order valence-electron chi connectivity index (χ3n) is 3.26. The van der Waals surface area contributed by atoms with Crippen molar-refractivity contribution >= 4 is 22.4 Å². The number of rotatable bonds is 5. The summed E-state index contributed by atoms with van der Waals surface area (Å²) in [6, 6.07) is 11.9. The molecule has 0 bridgehead atoms. The first-order valence-electron chi connectivity index (χ1n) is 6.62. The molecule has 1 unspecified atom stereocenters. The average Bonchev–Trinajstić information content (AvgIpc) is 2.41. The highest BCUT2D eigenvalue weighted by molar-refractivity contribution is 6.35. The van der Waals surface area contributed by atoms with Gasteiger partial charge < -0.3 is 10.1 Å². The maximum absolute atomic E-state index is 6.22. The van der Waals surface area contributed by atoms with E-state index in [4.69, 9.17) is 16.3 Å². The molecule has 0 saturated carbocycles. The summed E-state index contributed by atoms with van der Waals surface area (Å²) in [5.41, 5.74) is 0. The van der Waals surface area contributed by atoms with Crippen molar-refractivity contribution < 1.29 is 4.74 Å². The minimum Gasteiger partial charge on any atom is -0.488 e. The predicted octanol–water partition coefficient (Wildman–Crippen LogP) is 4.12. The van der Waals surface area contributed by atoms with Crippen LogP contribution in [0.3, 0.4) is 0 Å². The van der Waals surface area contributed by atoms with E-state index in [1.807, 2.05) is 43.4 Å². The van der Waals surface area contributed by atoms with E-state index in [1.165, 1.54) is 0 Å². The molecular formula is C16H20ClNO. The van der Waals surface area contributed by atoms with Crippen LogP contribution in [-0.2, 0) is 0 Å². The number of likely N-dealkylation sites (N-methyl/N-ethyl adjacent to an activating group) is 1. The molecule has 1 atom stereocenters. The first kappa shape index (κ1) is 14.2. The van der Waals surface area contributed by atoms with Crippen molar-refractivity contribution in [3.05, 3.63) is 41.4 Å². The fourth-order valence-corrected chi connectivity index (χ4v) is 2.34. The van der Waals surface area contributed by atoms with E-state index in [2.05, 4.69) is 19.2 Å². The molecule has 2 aromatic rings. The maximum atomic E-state index is 6.22. The number of fused-ring (bicyclic) bond motifs is 1. The van der Waals surface area contributed by atoms with Crippen LogP contribution in [-0.4, -0.2) is 19.7 Å². The summed E-state index contributed by atoms with van der Waals surface area (Å²) in [5.74, 6) is 1.34. The van der Waals surface area contributed by atoms with Gasteiger partial charge >= 0.3 is 0 Å². The molecule has 1 N–H and O–H groups in total. The van der Waals surface area contributed by atoms with Gasteiger partial charge in [0.25, 0.3) is 0 Å². The van der Waals surface area contributed by atoms with Crippen molar-refractivity contribution in [2.75, 3.05) is 13.6 Å². The molecule has 3 heteroatoms. The van der Waals surface area contributed by atoms with Crippen LogP contribution in [0.15, 0.2) is 36.4 Å². The molecule has 0 fully saturated rings. The van der Waals surface area contributed by atoms with Crippen LogP contribution in [0.25, 0.3) is 10.8 Å². The van der Waals surface area contributed by atoms with Crippen molar-refractivity contribution in [1.29, 1.82) is 0 Å². The van der Waals surface area contributed by atoms with Gasteiger partial charge in [-0.3, -0.25) is 0 Å². The summed E-state index contributed by atoms with van der Waals surface area (Å²) in [5, 5.41) is 6.04. The molecule has 102 valence electrons. The molecule has 0 radical (unpaired) electrons. The van der Waals surface area contributed by atoms with Gasteiger partial charge in [0.05, 0.1) is 0 Å². The van der Waals surface area contributed by atoms with E-state index in [1.54, 1.807) is 0 Å². The molecule has 0 amide bonds. The highest BCUT2D eigenvalue weighted by Crippen LogP contribution is 2.32. The minimum atomic E-state index is 0.148. The molecule has 2 rings (SSSR count). The Morgan fingerprint density at radius 3 is 2.42 bits per heavy atom. The van der Waals surface area contributed by atoms with E-state index in [0.717, 1.165) is 28.1 Å². The van der Waals surface area contributed by atoms with E-state index in [9.17, 15) is 0 Å². The van der Waals surface area contributed by atoms with Crippen LogP contribution in [0, 0.1) is 5.92 Å². The Morgan fingerprint density at radius 2 is 1.79 bits per heavy atom. The van der Waals surface area contributed by atoms with Crippen LogP contribution in [0.1, 0.15) is 13.8 Å². The van der Waals surface area contributed by atoms with Crippen LogP contribution in [0.5, 0.6) is 5.75 Å². The molecule has 0 aliphatic rings. The average molecular weight is 278 g/mol. The topological polar surface area (TPSA) is 21.3 Å². The summed E-state index contributed by atoms with van der Waals surface area (Å²) in [6.45, 7) is 5.16. The first-order chi connectivity index (χ1) is 9.13. The lowest BCUT2D eigenvalue weighted by atomic mass is 10.1. The molecule has 0 aromatic heterocycles. The number of hydrogen-bond donors (Lipinski definition) is 1. The lowest BCUT2D eigenvalue weighted by molar-refractivity contribution is 0.153. The largest absolute Gasteiger partial charge is 0.488 e. The Bertz CT molecular complexity index is 553. The number of nitrogens with one attached hydrogen (secondary N) is 1. The van der Waals surface area contributed by atoms with Crippen LogP contribution >= 0.6 is 11.6 Å². The molecule has 0 aliphatic heterocycles. The van der Waals surface area contributed by atoms with Gasteiger partial charge in [-0.15, -0.1) is 0 Å². The Kier molecular flexibility index (Phi) is 4.67. The highest BCUT2D eigenvalue weighted by Gasteiger charge is 2.16. The van der Waals surface area contributed by atoms with Gasteiger partial charge in [-0.05, 0) is 25.1 Å². The Balaban J connectivity index is 2.37. The lowest BCUT2D eigenvalue weighted by Crippen LogP contribution is -2.33. The lowest BCUT2D eigenvalue weighted by Gasteiger charge is -2.23. The van der Waals surface area contributed by atoms with Crippen molar-refractivity contribution in [1.82, 2.24) is 5.32 Å². The van der Waals surface area contributed by atoms with Gasteiger partial charge in [0.1, 0.15) is 11.9 Å². The van der Waals surface area contributed by atoms with Crippen molar-refractivity contribution in [2.24, 2.45) is 5.92 Å². The summed E-state index contributed by atoms with van der Waals surface area (Å²) in [6.07, 6.45) is 0.148. The normalized spacial score (nSPS) is 12.9. The zero-order valence-electron chi connectivity index (χ0n) is 11.6. The van der Waals surface area contributed by atoms with Gasteiger partial charge in [-0.25, -0.2) is 0 Å². The van der Waals surface area contributed by atoms with Crippen LogP contribution in [0.4, 0.5) is 0 Å². The fraction of sp³-hybridized carbons (Fsp3) is 0.375. The summed E-state index contributed by atoms with van der Waals surface area (Å²) < 4.78 is 6.16. The van der Waals surface area contributed by atoms with E-state index in [-0.39, 0.29) is 6.10 Å². The molecular weight excluding hydrogens is 258 g/mol. The standard InChI is InChI=1S/C16H20ClNO/c1-11(2)16(10-18-3)19-15-9-8-14(17)12-6-4-5-7-13(12)15/h4-9,11,16,18H,10H2,1-3H3. The van der Waals surface area contributed by atoms with E-state index in [0.29, 0.717) is 5.92 Å². The number of benzene rings is 2.